The highest BCUT2D eigenvalue weighted by Crippen LogP contribution is 2.19. The van der Waals surface area contributed by atoms with Gasteiger partial charge < -0.3 is 4.90 Å². The monoisotopic (exact) mass is 281 g/mol. The zero-order valence-corrected chi connectivity index (χ0v) is 14.7. The molecule has 1 N–H and O–H groups in total. The van der Waals surface area contributed by atoms with Crippen LogP contribution < -0.4 is 5.32 Å². The van der Waals surface area contributed by atoms with Crippen LogP contribution in [0.1, 0.15) is 67.7 Å². The molecule has 0 aliphatic heterocycles. The average molecular weight is 281 g/mol. The van der Waals surface area contributed by atoms with Gasteiger partial charge >= 0.3 is 0 Å². The van der Waals surface area contributed by atoms with Crippen molar-refractivity contribution in [3.8, 4) is 6.07 Å². The molecule has 0 heterocycles. The zero-order chi connectivity index (χ0) is 15.8. The van der Waals surface area contributed by atoms with Gasteiger partial charge in [-0.15, -0.1) is 0 Å². The lowest BCUT2D eigenvalue weighted by Crippen LogP contribution is -2.50. The van der Waals surface area contributed by atoms with Gasteiger partial charge in [-0.3, -0.25) is 5.32 Å². The third-order valence-electron chi connectivity index (χ3n) is 4.23. The van der Waals surface area contributed by atoms with Crippen molar-refractivity contribution in [1.29, 1.82) is 5.26 Å². The minimum Gasteiger partial charge on any atom is -0.301 e. The molecule has 0 aromatic carbocycles. The molecular formula is C17H35N3. The molecule has 0 aliphatic carbocycles. The van der Waals surface area contributed by atoms with E-state index in [1.54, 1.807) is 0 Å². The van der Waals surface area contributed by atoms with E-state index >= 15 is 0 Å². The highest BCUT2D eigenvalue weighted by Gasteiger charge is 2.29. The Morgan fingerprint density at radius 2 is 1.70 bits per heavy atom. The summed E-state index contributed by atoms with van der Waals surface area (Å²) >= 11 is 0. The van der Waals surface area contributed by atoms with Crippen molar-refractivity contribution in [2.45, 2.75) is 85.4 Å². The van der Waals surface area contributed by atoms with Crippen LogP contribution in [-0.4, -0.2) is 35.6 Å². The van der Waals surface area contributed by atoms with E-state index in [4.69, 9.17) is 0 Å². The minimum absolute atomic E-state index is 0.334. The Bertz CT molecular complexity index is 291. The molecule has 3 heteroatoms. The van der Waals surface area contributed by atoms with E-state index in [-0.39, 0.29) is 0 Å². The van der Waals surface area contributed by atoms with Gasteiger partial charge in [0.05, 0.1) is 6.07 Å². The van der Waals surface area contributed by atoms with E-state index in [1.165, 1.54) is 12.8 Å². The van der Waals surface area contributed by atoms with Crippen molar-refractivity contribution in [1.82, 2.24) is 10.2 Å². The van der Waals surface area contributed by atoms with Crippen LogP contribution in [0.25, 0.3) is 0 Å². The first-order valence-electron chi connectivity index (χ1n) is 8.24. The summed E-state index contributed by atoms with van der Waals surface area (Å²) in [5.41, 5.74) is -0.436. The lowest BCUT2D eigenvalue weighted by molar-refractivity contribution is 0.153. The van der Waals surface area contributed by atoms with Crippen LogP contribution >= 0.6 is 0 Å². The fraction of sp³-hybridized carbons (Fsp3) is 0.941. The number of hydrogen-bond acceptors (Lipinski definition) is 3. The molecule has 20 heavy (non-hydrogen) atoms. The molecule has 0 saturated heterocycles. The van der Waals surface area contributed by atoms with E-state index in [9.17, 15) is 5.26 Å². The Labute approximate surface area is 126 Å². The van der Waals surface area contributed by atoms with Crippen LogP contribution in [0, 0.1) is 17.2 Å². The molecule has 0 spiro atoms. The van der Waals surface area contributed by atoms with Crippen LogP contribution in [0.2, 0.25) is 0 Å². The van der Waals surface area contributed by atoms with E-state index in [1.807, 2.05) is 6.92 Å². The van der Waals surface area contributed by atoms with Gasteiger partial charge in [0.1, 0.15) is 5.54 Å². The third-order valence-corrected chi connectivity index (χ3v) is 4.23. The van der Waals surface area contributed by atoms with Crippen molar-refractivity contribution < 1.29 is 0 Å². The maximum atomic E-state index is 9.48. The second-order valence-corrected chi connectivity index (χ2v) is 6.57. The van der Waals surface area contributed by atoms with Crippen molar-refractivity contribution in [3.05, 3.63) is 0 Å². The van der Waals surface area contributed by atoms with Crippen molar-refractivity contribution in [2.75, 3.05) is 13.1 Å². The van der Waals surface area contributed by atoms with Crippen LogP contribution in [0.3, 0.4) is 0 Å². The quantitative estimate of drug-likeness (QED) is 0.662. The fourth-order valence-corrected chi connectivity index (χ4v) is 2.99. The molecule has 0 aromatic heterocycles. The summed E-state index contributed by atoms with van der Waals surface area (Å²) in [6.07, 6.45) is 3.34. The number of hydrogen-bond donors (Lipinski definition) is 1. The molecule has 0 radical (unpaired) electrons. The Balaban J connectivity index is 4.68. The summed E-state index contributed by atoms with van der Waals surface area (Å²) in [5.74, 6) is 0.767. The molecule has 2 atom stereocenters. The fourth-order valence-electron chi connectivity index (χ4n) is 2.99. The SMILES string of the molecule is CCC(CC)CN(CC)C(C)CC(C)(C#N)NC(C)C. The highest BCUT2D eigenvalue weighted by atomic mass is 15.2. The molecule has 3 nitrogen and oxygen atoms in total. The van der Waals surface area contributed by atoms with E-state index in [0.717, 1.165) is 25.4 Å². The molecule has 0 aliphatic rings. The van der Waals surface area contributed by atoms with Gasteiger partial charge in [-0.05, 0) is 46.6 Å². The van der Waals surface area contributed by atoms with Crippen molar-refractivity contribution in [2.24, 2.45) is 5.92 Å². The van der Waals surface area contributed by atoms with Gasteiger partial charge in [-0.1, -0.05) is 33.6 Å². The first-order chi connectivity index (χ1) is 9.31. The molecule has 0 saturated carbocycles. The molecule has 2 unspecified atom stereocenters. The predicted octanol–water partition coefficient (Wildman–Crippen LogP) is 3.80. The summed E-state index contributed by atoms with van der Waals surface area (Å²) in [6, 6.07) is 3.22. The Morgan fingerprint density at radius 3 is 2.05 bits per heavy atom. The van der Waals surface area contributed by atoms with Crippen molar-refractivity contribution in [3.63, 3.8) is 0 Å². The lowest BCUT2D eigenvalue weighted by atomic mass is 9.92. The molecule has 0 rings (SSSR count). The average Bonchev–Trinajstić information content (AvgIpc) is 2.39. The number of nitrogens with one attached hydrogen (secondary N) is 1. The largest absolute Gasteiger partial charge is 0.301 e. The van der Waals surface area contributed by atoms with E-state index in [0.29, 0.717) is 12.1 Å². The second kappa shape index (κ2) is 9.37. The standard InChI is InChI=1S/C17H35N3/c1-8-16(9-2)12-20(10-3)15(6)11-17(7,13-18)19-14(4)5/h14-16,19H,8-12H2,1-7H3. The van der Waals surface area contributed by atoms with Crippen molar-refractivity contribution >= 4 is 0 Å². The molecule has 0 amide bonds. The maximum Gasteiger partial charge on any atom is 0.105 e. The minimum atomic E-state index is -0.436. The molecule has 118 valence electrons. The first kappa shape index (κ1) is 19.4. The first-order valence-corrected chi connectivity index (χ1v) is 8.24. The number of nitrogens with zero attached hydrogens (tertiary/aromatic N) is 2. The van der Waals surface area contributed by atoms with Crippen LogP contribution in [-0.2, 0) is 0 Å². The topological polar surface area (TPSA) is 39.1 Å². The number of rotatable bonds is 10. The third kappa shape index (κ3) is 6.72. The molecule has 0 fully saturated rings. The summed E-state index contributed by atoms with van der Waals surface area (Å²) in [4.78, 5) is 2.52. The highest BCUT2D eigenvalue weighted by molar-refractivity contribution is 5.06. The molecular weight excluding hydrogens is 246 g/mol. The van der Waals surface area contributed by atoms with Crippen LogP contribution in [0.15, 0.2) is 0 Å². The maximum absolute atomic E-state index is 9.48. The zero-order valence-electron chi connectivity index (χ0n) is 14.7. The number of nitriles is 1. The summed E-state index contributed by atoms with van der Waals surface area (Å²) in [5, 5.41) is 12.9. The van der Waals surface area contributed by atoms with Crippen LogP contribution in [0.5, 0.6) is 0 Å². The van der Waals surface area contributed by atoms with Gasteiger partial charge in [0.25, 0.3) is 0 Å². The summed E-state index contributed by atoms with van der Waals surface area (Å²) < 4.78 is 0. The Kier molecular flexibility index (Phi) is 9.09. The Hall–Kier alpha value is -0.590. The summed E-state index contributed by atoms with van der Waals surface area (Å²) in [7, 11) is 0. The predicted molar refractivity (Wildman–Crippen MR) is 87.7 cm³/mol. The van der Waals surface area contributed by atoms with Gasteiger partial charge in [0.15, 0.2) is 0 Å². The van der Waals surface area contributed by atoms with Gasteiger partial charge in [0.2, 0.25) is 0 Å². The smallest absolute Gasteiger partial charge is 0.105 e. The van der Waals surface area contributed by atoms with Crippen LogP contribution in [0.4, 0.5) is 0 Å². The van der Waals surface area contributed by atoms with Gasteiger partial charge in [0, 0.05) is 18.6 Å². The van der Waals surface area contributed by atoms with E-state index in [2.05, 4.69) is 57.8 Å². The van der Waals surface area contributed by atoms with E-state index < -0.39 is 5.54 Å². The molecule has 0 bridgehead atoms. The van der Waals surface area contributed by atoms with Gasteiger partial charge in [-0.25, -0.2) is 0 Å². The lowest BCUT2D eigenvalue weighted by Gasteiger charge is -2.36. The second-order valence-electron chi connectivity index (χ2n) is 6.57. The normalized spacial score (nSPS) is 16.4. The van der Waals surface area contributed by atoms with Gasteiger partial charge in [-0.2, -0.15) is 5.26 Å². The molecule has 0 aromatic rings. The summed E-state index contributed by atoms with van der Waals surface area (Å²) in [6.45, 7) is 17.4. The Morgan fingerprint density at radius 1 is 1.15 bits per heavy atom.